The molecule has 0 atom stereocenters. The van der Waals surface area contributed by atoms with Gasteiger partial charge in [0.25, 0.3) is 11.5 Å². The molecule has 1 fully saturated rings. The minimum atomic E-state index is -3.74. The number of para-hydroxylation sites is 1. The summed E-state index contributed by atoms with van der Waals surface area (Å²) in [5, 5.41) is 0.471. The van der Waals surface area contributed by atoms with Gasteiger partial charge in [0.1, 0.15) is 11.6 Å². The van der Waals surface area contributed by atoms with E-state index in [1.54, 1.807) is 31.2 Å². The zero-order valence-corrected chi connectivity index (χ0v) is 20.8. The third kappa shape index (κ3) is 5.23. The number of sulfonamides is 1. The summed E-state index contributed by atoms with van der Waals surface area (Å²) in [5.74, 6) is 0.215. The summed E-state index contributed by atoms with van der Waals surface area (Å²) in [7, 11) is -2.30. The highest BCUT2D eigenvalue weighted by Gasteiger charge is 2.28. The van der Waals surface area contributed by atoms with Gasteiger partial charge in [-0.25, -0.2) is 13.4 Å². The monoisotopic (exact) mass is 498 g/mol. The van der Waals surface area contributed by atoms with Crippen LogP contribution in [0.15, 0.2) is 52.2 Å². The third-order valence-corrected chi connectivity index (χ3v) is 8.17. The van der Waals surface area contributed by atoms with Crippen LogP contribution in [-0.4, -0.2) is 60.2 Å². The lowest BCUT2D eigenvalue weighted by atomic mass is 10.1. The molecule has 1 saturated heterocycles. The summed E-state index contributed by atoms with van der Waals surface area (Å²) >= 11 is 0. The summed E-state index contributed by atoms with van der Waals surface area (Å²) in [6, 6.07) is 11.4. The Morgan fingerprint density at radius 1 is 1.11 bits per heavy atom. The smallest absolute Gasteiger partial charge is 0.258 e. The van der Waals surface area contributed by atoms with Crippen molar-refractivity contribution in [2.75, 3.05) is 26.7 Å². The molecule has 1 amide bonds. The Balaban J connectivity index is 1.66. The topological polar surface area (TPSA) is 113 Å². The average molecular weight is 499 g/mol. The van der Waals surface area contributed by atoms with Gasteiger partial charge in [-0.15, -0.1) is 0 Å². The highest BCUT2D eigenvalue weighted by Crippen LogP contribution is 2.27. The van der Waals surface area contributed by atoms with E-state index in [0.29, 0.717) is 36.4 Å². The van der Waals surface area contributed by atoms with Crippen molar-refractivity contribution < 1.29 is 17.9 Å². The minimum Gasteiger partial charge on any atom is -0.496 e. The molecule has 35 heavy (non-hydrogen) atoms. The van der Waals surface area contributed by atoms with E-state index in [0.717, 1.165) is 25.7 Å². The predicted molar refractivity (Wildman–Crippen MR) is 133 cm³/mol. The van der Waals surface area contributed by atoms with E-state index in [-0.39, 0.29) is 28.3 Å². The van der Waals surface area contributed by atoms with Crippen molar-refractivity contribution >= 4 is 26.8 Å². The lowest BCUT2D eigenvalue weighted by Crippen LogP contribution is -2.33. The fraction of sp³-hybridized carbons (Fsp3) is 0.400. The normalized spacial score (nSPS) is 15.0. The molecule has 0 unspecified atom stereocenters. The van der Waals surface area contributed by atoms with Gasteiger partial charge in [-0.3, -0.25) is 9.59 Å². The number of fused-ring (bicyclic) bond motifs is 1. The lowest BCUT2D eigenvalue weighted by molar-refractivity contribution is 0.0744. The quantitative estimate of drug-likeness (QED) is 0.535. The molecule has 0 aliphatic carbocycles. The number of nitrogens with one attached hydrogen (secondary N) is 1. The number of carbonyl (C=O) groups is 1. The van der Waals surface area contributed by atoms with E-state index < -0.39 is 15.9 Å². The molecule has 1 aliphatic heterocycles. The fourth-order valence-corrected chi connectivity index (χ4v) is 5.88. The average Bonchev–Trinajstić information content (AvgIpc) is 3.17. The number of nitrogens with zero attached hydrogens (tertiary/aromatic N) is 3. The molecule has 4 rings (SSSR count). The number of aromatic nitrogens is 2. The molecule has 0 saturated carbocycles. The molecule has 1 aromatic heterocycles. The van der Waals surface area contributed by atoms with Gasteiger partial charge in [0.15, 0.2) is 0 Å². The van der Waals surface area contributed by atoms with Crippen molar-refractivity contribution in [1.29, 1.82) is 0 Å². The van der Waals surface area contributed by atoms with Gasteiger partial charge < -0.3 is 14.6 Å². The van der Waals surface area contributed by atoms with Crippen LogP contribution in [-0.2, 0) is 16.6 Å². The number of carbonyl (C=O) groups excluding carboxylic acids is 1. The number of rotatable bonds is 7. The number of ether oxygens (including phenoxy) is 1. The molecular weight excluding hydrogens is 468 g/mol. The largest absolute Gasteiger partial charge is 0.496 e. The standard InChI is InChI=1S/C25H30N4O5S/c1-3-28(17-23-26-21-11-7-6-10-19(21)24(30)27-23)25(31)20-16-18(12-13-22(20)34-2)35(32,33)29-14-8-4-5-9-15-29/h6-7,10-13,16H,3-5,8-9,14-15,17H2,1-2H3,(H,26,27,30). The summed E-state index contributed by atoms with van der Waals surface area (Å²) in [4.78, 5) is 34.8. The van der Waals surface area contributed by atoms with Crippen LogP contribution < -0.4 is 10.3 Å². The molecule has 10 heteroatoms. The Morgan fingerprint density at radius 3 is 2.51 bits per heavy atom. The molecule has 186 valence electrons. The van der Waals surface area contributed by atoms with Crippen molar-refractivity contribution in [2.45, 2.75) is 44.0 Å². The molecule has 0 spiro atoms. The SMILES string of the molecule is CCN(Cc1nc2ccccc2c(=O)[nH]1)C(=O)c1cc(S(=O)(=O)N2CCCCCC2)ccc1OC. The number of methoxy groups -OCH3 is 1. The maximum Gasteiger partial charge on any atom is 0.258 e. The van der Waals surface area contributed by atoms with Crippen molar-refractivity contribution in [3.05, 3.63) is 64.2 Å². The number of benzene rings is 2. The Labute approximate surface area is 204 Å². The van der Waals surface area contributed by atoms with E-state index in [2.05, 4.69) is 9.97 Å². The highest BCUT2D eigenvalue weighted by atomic mass is 32.2. The van der Waals surface area contributed by atoms with Crippen LogP contribution in [0.2, 0.25) is 0 Å². The number of hydrogen-bond acceptors (Lipinski definition) is 6. The van der Waals surface area contributed by atoms with Crippen LogP contribution >= 0.6 is 0 Å². The van der Waals surface area contributed by atoms with E-state index >= 15 is 0 Å². The number of amides is 1. The second-order valence-electron chi connectivity index (χ2n) is 8.53. The Bertz CT molecular complexity index is 1380. The van der Waals surface area contributed by atoms with Crippen LogP contribution in [0.5, 0.6) is 5.75 Å². The van der Waals surface area contributed by atoms with Gasteiger partial charge in [-0.1, -0.05) is 25.0 Å². The van der Waals surface area contributed by atoms with Crippen molar-refractivity contribution in [3.8, 4) is 5.75 Å². The zero-order chi connectivity index (χ0) is 25.0. The van der Waals surface area contributed by atoms with E-state index in [1.807, 2.05) is 0 Å². The maximum absolute atomic E-state index is 13.5. The minimum absolute atomic E-state index is 0.0572. The van der Waals surface area contributed by atoms with E-state index in [1.165, 1.54) is 34.5 Å². The maximum atomic E-state index is 13.5. The first-order chi connectivity index (χ1) is 16.8. The van der Waals surface area contributed by atoms with E-state index in [4.69, 9.17) is 4.74 Å². The van der Waals surface area contributed by atoms with Crippen LogP contribution in [0.25, 0.3) is 10.9 Å². The van der Waals surface area contributed by atoms with Gasteiger partial charge in [0.05, 0.1) is 35.0 Å². The number of H-pyrrole nitrogens is 1. The second-order valence-corrected chi connectivity index (χ2v) is 10.5. The van der Waals surface area contributed by atoms with Gasteiger partial charge in [0.2, 0.25) is 10.0 Å². The van der Waals surface area contributed by atoms with Crippen LogP contribution in [0.3, 0.4) is 0 Å². The molecule has 2 aromatic carbocycles. The predicted octanol–water partition coefficient (Wildman–Crippen LogP) is 3.16. The number of aromatic amines is 1. The molecule has 2 heterocycles. The molecular formula is C25H30N4O5S. The first-order valence-electron chi connectivity index (χ1n) is 11.8. The Hall–Kier alpha value is -3.24. The van der Waals surface area contributed by atoms with Crippen LogP contribution in [0.1, 0.15) is 48.8 Å². The van der Waals surface area contributed by atoms with Gasteiger partial charge in [-0.2, -0.15) is 4.31 Å². The van der Waals surface area contributed by atoms with Gasteiger partial charge >= 0.3 is 0 Å². The third-order valence-electron chi connectivity index (χ3n) is 6.28. The Kier molecular flexibility index (Phi) is 7.51. The zero-order valence-electron chi connectivity index (χ0n) is 20.0. The van der Waals surface area contributed by atoms with Crippen molar-refractivity contribution in [1.82, 2.24) is 19.2 Å². The van der Waals surface area contributed by atoms with Gasteiger partial charge in [0, 0.05) is 19.6 Å². The highest BCUT2D eigenvalue weighted by molar-refractivity contribution is 7.89. The summed E-state index contributed by atoms with van der Waals surface area (Å²) < 4.78 is 33.5. The first kappa shape index (κ1) is 24.9. The molecule has 0 bridgehead atoms. The lowest BCUT2D eigenvalue weighted by Gasteiger charge is -2.23. The molecule has 3 aromatic rings. The summed E-state index contributed by atoms with van der Waals surface area (Å²) in [5.41, 5.74) is 0.406. The number of hydrogen-bond donors (Lipinski definition) is 1. The Morgan fingerprint density at radius 2 is 1.83 bits per heavy atom. The molecule has 1 aliphatic rings. The molecule has 1 N–H and O–H groups in total. The fourth-order valence-electron chi connectivity index (χ4n) is 4.33. The molecule has 0 radical (unpaired) electrons. The van der Waals surface area contributed by atoms with Crippen LogP contribution in [0.4, 0.5) is 0 Å². The second kappa shape index (κ2) is 10.6. The first-order valence-corrected chi connectivity index (χ1v) is 13.2. The van der Waals surface area contributed by atoms with Crippen molar-refractivity contribution in [2.24, 2.45) is 0 Å². The van der Waals surface area contributed by atoms with Gasteiger partial charge in [-0.05, 0) is 50.1 Å². The molecule has 9 nitrogen and oxygen atoms in total. The summed E-state index contributed by atoms with van der Waals surface area (Å²) in [6.45, 7) is 3.13. The van der Waals surface area contributed by atoms with Crippen LogP contribution in [0, 0.1) is 0 Å². The van der Waals surface area contributed by atoms with E-state index in [9.17, 15) is 18.0 Å². The van der Waals surface area contributed by atoms with Crippen molar-refractivity contribution in [3.63, 3.8) is 0 Å². The summed E-state index contributed by atoms with van der Waals surface area (Å²) in [6.07, 6.45) is 3.66.